The number of rotatable bonds is 2. The number of aromatic carboxylic acids is 2. The van der Waals surface area contributed by atoms with Crippen LogP contribution in [0.5, 0.6) is 11.5 Å². The van der Waals surface area contributed by atoms with E-state index in [1.54, 1.807) is 0 Å². The van der Waals surface area contributed by atoms with Crippen molar-refractivity contribution in [2.45, 2.75) is 13.8 Å². The molecule has 2 aromatic carbocycles. The molecule has 0 amide bonds. The number of hydrogen-bond donors (Lipinski definition) is 2. The summed E-state index contributed by atoms with van der Waals surface area (Å²) in [6.07, 6.45) is 0. The molecular formula is C16H14MgO6. The summed E-state index contributed by atoms with van der Waals surface area (Å²) in [4.78, 5) is 20.9. The topological polar surface area (TPSA) is 121 Å². The van der Waals surface area contributed by atoms with E-state index in [9.17, 15) is 19.8 Å². The predicted molar refractivity (Wildman–Crippen MR) is 80.9 cm³/mol. The standard InChI is InChI=1S/2C8H8O3.Mg/c2*1-5-6(8(10)11)3-2-4-7(5)9;/h2*2-4,9H,1H3,(H,10,11);/q;;+2/p-2. The molecule has 0 aliphatic heterocycles. The SMILES string of the molecule is Cc1c([O-])cccc1C(=O)O.Cc1c([O-])cccc1C(=O)O.[Mg+2]. The Bertz CT molecular complexity index is 650. The van der Waals surface area contributed by atoms with Crippen molar-refractivity contribution in [2.24, 2.45) is 0 Å². The van der Waals surface area contributed by atoms with Gasteiger partial charge in [-0.1, -0.05) is 24.3 Å². The molecule has 0 aromatic heterocycles. The van der Waals surface area contributed by atoms with E-state index in [0.717, 1.165) is 0 Å². The van der Waals surface area contributed by atoms with Crippen molar-refractivity contribution >= 4 is 35.0 Å². The first-order chi connectivity index (χ1) is 10.3. The molecule has 2 N–H and O–H groups in total. The van der Waals surface area contributed by atoms with Crippen LogP contribution in [0.15, 0.2) is 36.4 Å². The normalized spacial score (nSPS) is 9.13. The molecule has 0 aliphatic carbocycles. The minimum Gasteiger partial charge on any atom is -0.872 e. The third kappa shape index (κ3) is 5.46. The first-order valence-corrected chi connectivity index (χ1v) is 6.25. The fraction of sp³-hybridized carbons (Fsp3) is 0.125. The van der Waals surface area contributed by atoms with Crippen LogP contribution in [0.2, 0.25) is 0 Å². The second kappa shape index (κ2) is 9.01. The van der Waals surface area contributed by atoms with Crippen molar-refractivity contribution in [3.05, 3.63) is 58.7 Å². The van der Waals surface area contributed by atoms with E-state index in [1.165, 1.54) is 50.2 Å². The monoisotopic (exact) mass is 326 g/mol. The molecule has 7 heteroatoms. The first-order valence-electron chi connectivity index (χ1n) is 6.25. The predicted octanol–water partition coefficient (Wildman–Crippen LogP) is 1.15. The fourth-order valence-electron chi connectivity index (χ4n) is 1.69. The van der Waals surface area contributed by atoms with Gasteiger partial charge in [-0.25, -0.2) is 9.59 Å². The van der Waals surface area contributed by atoms with Gasteiger partial charge in [0.25, 0.3) is 0 Å². The fourth-order valence-corrected chi connectivity index (χ4v) is 1.69. The molecule has 2 rings (SSSR count). The van der Waals surface area contributed by atoms with Gasteiger partial charge in [0.1, 0.15) is 0 Å². The molecule has 0 unspecified atom stereocenters. The van der Waals surface area contributed by atoms with Gasteiger partial charge in [-0.3, -0.25) is 0 Å². The third-order valence-electron chi connectivity index (χ3n) is 3.03. The molecule has 0 spiro atoms. The molecule has 23 heavy (non-hydrogen) atoms. The molecule has 0 bridgehead atoms. The Morgan fingerprint density at radius 3 is 1.30 bits per heavy atom. The van der Waals surface area contributed by atoms with Gasteiger partial charge in [-0.05, 0) is 37.1 Å². The molecule has 2 aromatic rings. The Morgan fingerprint density at radius 2 is 1.09 bits per heavy atom. The van der Waals surface area contributed by atoms with Crippen LogP contribution >= 0.6 is 0 Å². The van der Waals surface area contributed by atoms with Crippen LogP contribution in [0.3, 0.4) is 0 Å². The van der Waals surface area contributed by atoms with Crippen LogP contribution in [0, 0.1) is 13.8 Å². The Labute approximate surface area is 149 Å². The molecular weight excluding hydrogens is 312 g/mol. The molecule has 0 heterocycles. The summed E-state index contributed by atoms with van der Waals surface area (Å²) in [5, 5.41) is 38.9. The zero-order chi connectivity index (χ0) is 16.9. The maximum atomic E-state index is 10.9. The molecule has 0 fully saturated rings. The van der Waals surface area contributed by atoms with E-state index < -0.39 is 11.9 Å². The van der Waals surface area contributed by atoms with Crippen LogP contribution in [0.1, 0.15) is 31.8 Å². The number of carbonyl (C=O) groups is 2. The largest absolute Gasteiger partial charge is 2.00 e. The Hall–Kier alpha value is -2.25. The Balaban J connectivity index is 0.000000403. The quantitative estimate of drug-likeness (QED) is 0.799. The van der Waals surface area contributed by atoms with Crippen LogP contribution in [-0.4, -0.2) is 45.2 Å². The maximum absolute atomic E-state index is 10.9. The Kier molecular flexibility index (Phi) is 8.13. The minimum absolute atomic E-state index is 0. The van der Waals surface area contributed by atoms with Crippen LogP contribution < -0.4 is 10.2 Å². The van der Waals surface area contributed by atoms with Gasteiger partial charge in [-0.15, -0.1) is 11.5 Å². The van der Waals surface area contributed by atoms with Crippen LogP contribution in [-0.2, 0) is 0 Å². The summed E-state index contributed by atoms with van der Waals surface area (Å²) in [6.45, 7) is 3.01. The minimum atomic E-state index is -1.06. The maximum Gasteiger partial charge on any atom is 2.00 e. The van der Waals surface area contributed by atoms with Gasteiger partial charge in [0, 0.05) is 0 Å². The van der Waals surface area contributed by atoms with Crippen molar-refractivity contribution in [1.29, 1.82) is 0 Å². The van der Waals surface area contributed by atoms with E-state index >= 15 is 0 Å². The Morgan fingerprint density at radius 1 is 0.783 bits per heavy atom. The molecule has 0 saturated heterocycles. The summed E-state index contributed by atoms with van der Waals surface area (Å²) in [6, 6.07) is 8.42. The van der Waals surface area contributed by atoms with E-state index in [4.69, 9.17) is 10.2 Å². The second-order valence-electron chi connectivity index (χ2n) is 4.47. The van der Waals surface area contributed by atoms with Crippen LogP contribution in [0.25, 0.3) is 0 Å². The van der Waals surface area contributed by atoms with Gasteiger partial charge >= 0.3 is 35.0 Å². The first kappa shape index (κ1) is 20.7. The second-order valence-corrected chi connectivity index (χ2v) is 4.47. The zero-order valence-electron chi connectivity index (χ0n) is 12.7. The van der Waals surface area contributed by atoms with E-state index in [1.807, 2.05) is 0 Å². The van der Waals surface area contributed by atoms with E-state index in [2.05, 4.69) is 0 Å². The summed E-state index contributed by atoms with van der Waals surface area (Å²) >= 11 is 0. The molecule has 6 nitrogen and oxygen atoms in total. The average molecular weight is 327 g/mol. The summed E-state index contributed by atoms with van der Waals surface area (Å²) < 4.78 is 0. The van der Waals surface area contributed by atoms with Gasteiger partial charge in [0.05, 0.1) is 11.1 Å². The van der Waals surface area contributed by atoms with Gasteiger partial charge < -0.3 is 20.4 Å². The van der Waals surface area contributed by atoms with Crippen molar-refractivity contribution < 1.29 is 30.0 Å². The summed E-state index contributed by atoms with van der Waals surface area (Å²) in [7, 11) is 0. The number of carboxylic acids is 2. The number of carboxylic acid groups (broad SMARTS) is 2. The van der Waals surface area contributed by atoms with Gasteiger partial charge in [0.2, 0.25) is 0 Å². The zero-order valence-corrected chi connectivity index (χ0v) is 14.1. The van der Waals surface area contributed by atoms with Crippen molar-refractivity contribution in [1.82, 2.24) is 0 Å². The van der Waals surface area contributed by atoms with E-state index in [0.29, 0.717) is 11.1 Å². The molecule has 0 radical (unpaired) electrons. The average Bonchev–Trinajstić information content (AvgIpc) is 2.45. The summed E-state index contributed by atoms with van der Waals surface area (Å²) in [5.74, 6) is -2.57. The number of hydrogen-bond acceptors (Lipinski definition) is 4. The van der Waals surface area contributed by atoms with Gasteiger partial charge in [-0.2, -0.15) is 0 Å². The summed E-state index contributed by atoms with van der Waals surface area (Å²) in [5.41, 5.74) is 0.745. The molecule has 0 saturated carbocycles. The van der Waals surface area contributed by atoms with Crippen molar-refractivity contribution in [2.75, 3.05) is 0 Å². The number of benzene rings is 2. The van der Waals surface area contributed by atoms with Crippen molar-refractivity contribution in [3.8, 4) is 11.5 Å². The van der Waals surface area contributed by atoms with Crippen molar-refractivity contribution in [3.63, 3.8) is 0 Å². The van der Waals surface area contributed by atoms with Gasteiger partial charge in [0.15, 0.2) is 0 Å². The third-order valence-corrected chi connectivity index (χ3v) is 3.03. The molecule has 0 aliphatic rings. The van der Waals surface area contributed by atoms with E-state index in [-0.39, 0.29) is 45.7 Å². The molecule has 0 atom stereocenters. The van der Waals surface area contributed by atoms with Crippen LogP contribution in [0.4, 0.5) is 0 Å². The molecule has 116 valence electrons. The smallest absolute Gasteiger partial charge is 0.872 e.